The van der Waals surface area contributed by atoms with E-state index in [0.717, 1.165) is 0 Å². The van der Waals surface area contributed by atoms with Crippen molar-refractivity contribution in [3.63, 3.8) is 0 Å². The molecule has 0 unspecified atom stereocenters. The van der Waals surface area contributed by atoms with E-state index in [1.54, 1.807) is 31.2 Å². The van der Waals surface area contributed by atoms with Gasteiger partial charge in [-0.15, -0.1) is 0 Å². The van der Waals surface area contributed by atoms with Crippen molar-refractivity contribution in [2.45, 2.75) is 13.0 Å². The maximum absolute atomic E-state index is 13.1. The summed E-state index contributed by atoms with van der Waals surface area (Å²) in [6.45, 7) is 1.71. The predicted octanol–water partition coefficient (Wildman–Crippen LogP) is 3.69. The highest BCUT2D eigenvalue weighted by molar-refractivity contribution is 7.80. The highest BCUT2D eigenvalue weighted by Gasteiger charge is 2.33. The lowest BCUT2D eigenvalue weighted by Crippen LogP contribution is -2.45. The van der Waals surface area contributed by atoms with E-state index in [4.69, 9.17) is 28.6 Å². The number of rotatable bonds is 5. The van der Waals surface area contributed by atoms with Crippen LogP contribution in [0.25, 0.3) is 0 Å². The molecule has 0 aliphatic carbocycles. The number of hydrogen-bond acceptors (Lipinski definition) is 5. The summed E-state index contributed by atoms with van der Waals surface area (Å²) < 4.78 is 5.37. The van der Waals surface area contributed by atoms with Crippen LogP contribution in [0.1, 0.15) is 18.5 Å². The van der Waals surface area contributed by atoms with Crippen molar-refractivity contribution in [2.75, 3.05) is 12.4 Å². The lowest BCUT2D eigenvalue weighted by Gasteiger charge is -2.31. The zero-order valence-electron chi connectivity index (χ0n) is 15.5. The van der Waals surface area contributed by atoms with Gasteiger partial charge < -0.3 is 20.7 Å². The third-order valence-electron chi connectivity index (χ3n) is 4.33. The van der Waals surface area contributed by atoms with Crippen molar-refractivity contribution in [2.24, 2.45) is 0 Å². The van der Waals surface area contributed by atoms with E-state index in [9.17, 15) is 14.9 Å². The second-order valence-electron chi connectivity index (χ2n) is 6.22. The van der Waals surface area contributed by atoms with Crippen molar-refractivity contribution in [3.8, 4) is 5.75 Å². The number of thiocarbonyl (C=S) groups is 1. The molecule has 1 amide bonds. The van der Waals surface area contributed by atoms with E-state index in [2.05, 4.69) is 16.0 Å². The Balaban J connectivity index is 2.06. The van der Waals surface area contributed by atoms with Gasteiger partial charge >= 0.3 is 0 Å². The van der Waals surface area contributed by atoms with Gasteiger partial charge in [-0.1, -0.05) is 17.7 Å². The first-order valence-corrected chi connectivity index (χ1v) is 9.26. The number of hydrogen-bond donors (Lipinski definition) is 3. The van der Waals surface area contributed by atoms with Crippen LogP contribution in [0.2, 0.25) is 5.02 Å². The predicted molar refractivity (Wildman–Crippen MR) is 114 cm³/mol. The lowest BCUT2D eigenvalue weighted by atomic mass is 9.93. The summed E-state index contributed by atoms with van der Waals surface area (Å²) in [6, 6.07) is 10.2. The number of nitrogens with one attached hydrogen (secondary N) is 3. The molecule has 3 N–H and O–H groups in total. The average Bonchev–Trinajstić information content (AvgIpc) is 2.66. The summed E-state index contributed by atoms with van der Waals surface area (Å²) in [5.74, 6) is -0.0236. The molecule has 29 heavy (non-hydrogen) atoms. The molecule has 0 saturated carbocycles. The van der Waals surface area contributed by atoms with Crippen LogP contribution in [-0.2, 0) is 4.79 Å². The van der Waals surface area contributed by atoms with Gasteiger partial charge in [0.1, 0.15) is 5.75 Å². The van der Waals surface area contributed by atoms with Gasteiger partial charge in [0.2, 0.25) is 0 Å². The maximum Gasteiger partial charge on any atom is 0.270 e. The van der Waals surface area contributed by atoms with E-state index in [1.807, 2.05) is 0 Å². The van der Waals surface area contributed by atoms with Crippen molar-refractivity contribution < 1.29 is 14.5 Å². The van der Waals surface area contributed by atoms with Gasteiger partial charge in [-0.05, 0) is 43.4 Å². The zero-order chi connectivity index (χ0) is 21.1. The fraction of sp³-hybridized carbons (Fsp3) is 0.158. The molecule has 0 fully saturated rings. The molecule has 8 nitrogen and oxygen atoms in total. The Morgan fingerprint density at radius 3 is 2.72 bits per heavy atom. The lowest BCUT2D eigenvalue weighted by molar-refractivity contribution is -0.385. The number of amides is 1. The molecule has 0 spiro atoms. The largest absolute Gasteiger partial charge is 0.496 e. The van der Waals surface area contributed by atoms with Crippen molar-refractivity contribution in [1.82, 2.24) is 10.6 Å². The summed E-state index contributed by atoms with van der Waals surface area (Å²) in [5.41, 5.74) is 1.64. The number of nitro groups is 1. The number of benzene rings is 2. The maximum atomic E-state index is 13.1. The van der Waals surface area contributed by atoms with Gasteiger partial charge in [-0.25, -0.2) is 0 Å². The number of anilines is 1. The van der Waals surface area contributed by atoms with Crippen LogP contribution in [0, 0.1) is 10.1 Å². The smallest absolute Gasteiger partial charge is 0.270 e. The minimum atomic E-state index is -0.752. The van der Waals surface area contributed by atoms with Crippen LogP contribution in [-0.4, -0.2) is 23.1 Å². The van der Waals surface area contributed by atoms with Crippen LogP contribution >= 0.6 is 23.8 Å². The molecule has 1 aliphatic heterocycles. The molecule has 1 heterocycles. The van der Waals surface area contributed by atoms with Gasteiger partial charge in [0.05, 0.1) is 23.6 Å². The third-order valence-corrected chi connectivity index (χ3v) is 4.79. The van der Waals surface area contributed by atoms with E-state index < -0.39 is 16.9 Å². The molecular formula is C19H17ClN4O4S. The molecule has 1 aliphatic rings. The number of nitro benzene ring substituents is 1. The first kappa shape index (κ1) is 20.6. The molecule has 0 radical (unpaired) electrons. The molecule has 1 atom stereocenters. The monoisotopic (exact) mass is 432 g/mol. The van der Waals surface area contributed by atoms with Crippen molar-refractivity contribution in [3.05, 3.63) is 74.4 Å². The van der Waals surface area contributed by atoms with Gasteiger partial charge in [-0.3, -0.25) is 14.9 Å². The summed E-state index contributed by atoms with van der Waals surface area (Å²) >= 11 is 11.2. The minimum Gasteiger partial charge on any atom is -0.496 e. The molecule has 0 bridgehead atoms. The Kier molecular flexibility index (Phi) is 6.00. The van der Waals surface area contributed by atoms with E-state index in [1.165, 1.54) is 25.3 Å². The first-order valence-electron chi connectivity index (χ1n) is 8.47. The standard InChI is InChI=1S/C19H17ClN4O4S/c1-10-16(18(25)22-12-5-3-4-11(20)8-12)17(23-19(29)21-10)14-9-13(24(26)27)6-7-15(14)28-2/h3-9,17H,1-2H3,(H,22,25)(H2,21,23,29)/t17-/m0/s1. The molecule has 3 rings (SSSR count). The summed E-state index contributed by atoms with van der Waals surface area (Å²) in [6.07, 6.45) is 0. The Morgan fingerprint density at radius 2 is 2.07 bits per heavy atom. The van der Waals surface area contributed by atoms with Gasteiger partial charge in [0.25, 0.3) is 11.6 Å². The molecular weight excluding hydrogens is 416 g/mol. The van der Waals surface area contributed by atoms with E-state index in [0.29, 0.717) is 38.4 Å². The summed E-state index contributed by atoms with van der Waals surface area (Å²) in [7, 11) is 1.45. The average molecular weight is 433 g/mol. The SMILES string of the molecule is COc1ccc([N+](=O)[O-])cc1[C@@H]1NC(=S)NC(C)=C1C(=O)Nc1cccc(Cl)c1. The fourth-order valence-corrected chi connectivity index (χ4v) is 3.51. The van der Waals surface area contributed by atoms with E-state index >= 15 is 0 Å². The molecule has 10 heteroatoms. The summed E-state index contributed by atoms with van der Waals surface area (Å²) in [5, 5.41) is 20.7. The third kappa shape index (κ3) is 4.47. The number of halogens is 1. The number of carbonyl (C=O) groups excluding carboxylic acids is 1. The highest BCUT2D eigenvalue weighted by atomic mass is 35.5. The molecule has 2 aromatic rings. The normalized spacial score (nSPS) is 16.0. The number of non-ortho nitro benzene ring substituents is 1. The number of ether oxygens (including phenoxy) is 1. The Bertz CT molecular complexity index is 1040. The van der Waals surface area contributed by atoms with Gasteiger partial charge in [0.15, 0.2) is 5.11 Å². The molecule has 0 aromatic heterocycles. The second kappa shape index (κ2) is 8.46. The van der Waals surface area contributed by atoms with Crippen LogP contribution < -0.4 is 20.7 Å². The number of methoxy groups -OCH3 is 1. The molecule has 2 aromatic carbocycles. The number of allylic oxidation sites excluding steroid dienone is 1. The zero-order valence-corrected chi connectivity index (χ0v) is 17.1. The number of carbonyl (C=O) groups is 1. The second-order valence-corrected chi connectivity index (χ2v) is 7.06. The highest BCUT2D eigenvalue weighted by Crippen LogP contribution is 2.36. The van der Waals surface area contributed by atoms with Gasteiger partial charge in [-0.2, -0.15) is 0 Å². The van der Waals surface area contributed by atoms with E-state index in [-0.39, 0.29) is 5.69 Å². The van der Waals surface area contributed by atoms with Crippen LogP contribution in [0.3, 0.4) is 0 Å². The molecule has 150 valence electrons. The first-order chi connectivity index (χ1) is 13.8. The Hall–Kier alpha value is -3.17. The topological polar surface area (TPSA) is 106 Å². The minimum absolute atomic E-state index is 0.126. The quantitative estimate of drug-likeness (QED) is 0.376. The van der Waals surface area contributed by atoms with Crippen LogP contribution in [0.15, 0.2) is 53.7 Å². The van der Waals surface area contributed by atoms with Gasteiger partial charge in [0, 0.05) is 34.1 Å². The summed E-state index contributed by atoms with van der Waals surface area (Å²) in [4.78, 5) is 23.8. The molecule has 0 saturated heterocycles. The fourth-order valence-electron chi connectivity index (χ4n) is 3.05. The Labute approximate surface area is 177 Å². The van der Waals surface area contributed by atoms with Crippen molar-refractivity contribution in [1.29, 1.82) is 0 Å². The van der Waals surface area contributed by atoms with Crippen LogP contribution in [0.4, 0.5) is 11.4 Å². The van der Waals surface area contributed by atoms with Crippen molar-refractivity contribution >= 4 is 46.2 Å². The Morgan fingerprint density at radius 1 is 1.31 bits per heavy atom. The van der Waals surface area contributed by atoms with Crippen LogP contribution in [0.5, 0.6) is 5.75 Å². The number of nitrogens with zero attached hydrogens (tertiary/aromatic N) is 1.